The van der Waals surface area contributed by atoms with Gasteiger partial charge in [-0.05, 0) is 11.6 Å². The summed E-state index contributed by atoms with van der Waals surface area (Å²) in [5.74, 6) is 0. The maximum atomic E-state index is 5.07. The second-order valence-electron chi connectivity index (χ2n) is 3.14. The first-order valence-electron chi connectivity index (χ1n) is 4.28. The predicted octanol–water partition coefficient (Wildman–Crippen LogP) is 0.738. The fourth-order valence-electron chi connectivity index (χ4n) is 1.64. The maximum Gasteiger partial charge on any atom is 0.0727 e. The average Bonchev–Trinajstić information content (AvgIpc) is 2.47. The van der Waals surface area contributed by atoms with E-state index in [4.69, 9.17) is 4.74 Å². The Morgan fingerprint density at radius 3 is 3.33 bits per heavy atom. The predicted molar refractivity (Wildman–Crippen MR) is 46.9 cm³/mol. The minimum atomic E-state index is 0.722. The summed E-state index contributed by atoms with van der Waals surface area (Å²) < 4.78 is 7.37. The fraction of sp³-hybridized carbons (Fsp3) is 0.556. The van der Waals surface area contributed by atoms with E-state index in [1.54, 1.807) is 7.11 Å². The molecule has 0 aromatic carbocycles. The molecule has 1 aliphatic heterocycles. The van der Waals surface area contributed by atoms with Gasteiger partial charge in [-0.25, -0.2) is 0 Å². The van der Waals surface area contributed by atoms with Crippen molar-refractivity contribution in [3.8, 4) is 0 Å². The molecule has 1 aromatic heterocycles. The molecular formula is C9H14N2O. The van der Waals surface area contributed by atoms with E-state index in [1.165, 1.54) is 11.3 Å². The van der Waals surface area contributed by atoms with E-state index in [0.717, 1.165) is 26.2 Å². The van der Waals surface area contributed by atoms with Crippen LogP contribution in [0.1, 0.15) is 11.3 Å². The van der Waals surface area contributed by atoms with E-state index in [9.17, 15) is 0 Å². The average molecular weight is 166 g/mol. The van der Waals surface area contributed by atoms with Crippen LogP contribution in [0.3, 0.4) is 0 Å². The molecule has 0 spiro atoms. The van der Waals surface area contributed by atoms with Crippen LogP contribution in [-0.2, 0) is 24.4 Å². The molecule has 0 radical (unpaired) electrons. The molecule has 0 unspecified atom stereocenters. The number of rotatable bonds is 2. The first-order chi connectivity index (χ1) is 5.90. The Morgan fingerprint density at radius 2 is 2.58 bits per heavy atom. The normalized spacial score (nSPS) is 16.1. The molecule has 1 N–H and O–H groups in total. The van der Waals surface area contributed by atoms with E-state index < -0.39 is 0 Å². The van der Waals surface area contributed by atoms with Crippen molar-refractivity contribution in [3.05, 3.63) is 23.5 Å². The van der Waals surface area contributed by atoms with Crippen molar-refractivity contribution in [1.29, 1.82) is 0 Å². The zero-order valence-corrected chi connectivity index (χ0v) is 7.34. The van der Waals surface area contributed by atoms with Gasteiger partial charge >= 0.3 is 0 Å². The molecule has 12 heavy (non-hydrogen) atoms. The Hall–Kier alpha value is -0.800. The molecule has 0 fully saturated rings. The number of fused-ring (bicyclic) bond motifs is 1. The zero-order chi connectivity index (χ0) is 8.39. The minimum Gasteiger partial charge on any atom is -0.380 e. The van der Waals surface area contributed by atoms with Gasteiger partial charge in [-0.3, -0.25) is 0 Å². The number of methoxy groups -OCH3 is 1. The summed E-state index contributed by atoms with van der Waals surface area (Å²) in [6.45, 7) is 3.87. The van der Waals surface area contributed by atoms with Crippen molar-refractivity contribution in [2.75, 3.05) is 13.7 Å². The Kier molecular flexibility index (Phi) is 2.15. The lowest BCUT2D eigenvalue weighted by molar-refractivity contribution is 0.185. The second kappa shape index (κ2) is 3.29. The second-order valence-corrected chi connectivity index (χ2v) is 3.14. The molecule has 2 rings (SSSR count). The third-order valence-corrected chi connectivity index (χ3v) is 2.19. The number of hydrogen-bond acceptors (Lipinski definition) is 2. The minimum absolute atomic E-state index is 0.722. The number of hydrogen-bond donors (Lipinski definition) is 1. The Labute approximate surface area is 72.3 Å². The Morgan fingerprint density at radius 1 is 1.67 bits per heavy atom. The molecule has 0 amide bonds. The van der Waals surface area contributed by atoms with Gasteiger partial charge in [0, 0.05) is 38.6 Å². The van der Waals surface area contributed by atoms with Crippen LogP contribution in [0, 0.1) is 0 Å². The van der Waals surface area contributed by atoms with Crippen LogP contribution < -0.4 is 5.32 Å². The monoisotopic (exact) mass is 166 g/mol. The molecule has 1 aliphatic rings. The summed E-state index contributed by atoms with van der Waals surface area (Å²) in [5, 5.41) is 3.33. The Bertz CT molecular complexity index is 244. The molecule has 3 heteroatoms. The van der Waals surface area contributed by atoms with Crippen molar-refractivity contribution in [3.63, 3.8) is 0 Å². The number of nitrogens with zero attached hydrogens (tertiary/aromatic N) is 1. The van der Waals surface area contributed by atoms with Crippen molar-refractivity contribution >= 4 is 0 Å². The third kappa shape index (κ3) is 1.38. The van der Waals surface area contributed by atoms with Crippen LogP contribution in [0.15, 0.2) is 12.3 Å². The number of aromatic nitrogens is 1. The highest BCUT2D eigenvalue weighted by Crippen LogP contribution is 2.11. The standard InChI is InChI=1S/C9H14N2O/c1-12-7-8-4-9-5-10-2-3-11(9)6-8/h4,6,10H,2-3,5,7H2,1H3. The molecule has 1 aromatic rings. The number of nitrogens with one attached hydrogen (secondary N) is 1. The van der Waals surface area contributed by atoms with Gasteiger partial charge in [0.05, 0.1) is 6.61 Å². The smallest absolute Gasteiger partial charge is 0.0727 e. The van der Waals surface area contributed by atoms with Gasteiger partial charge in [0.15, 0.2) is 0 Å². The van der Waals surface area contributed by atoms with E-state index in [-0.39, 0.29) is 0 Å². The van der Waals surface area contributed by atoms with E-state index in [2.05, 4.69) is 22.1 Å². The first-order valence-corrected chi connectivity index (χ1v) is 4.28. The summed E-state index contributed by atoms with van der Waals surface area (Å²) in [6, 6.07) is 2.20. The number of ether oxygens (including phenoxy) is 1. The van der Waals surface area contributed by atoms with Crippen molar-refractivity contribution in [2.45, 2.75) is 19.7 Å². The lowest BCUT2D eigenvalue weighted by Crippen LogP contribution is -2.27. The summed E-state index contributed by atoms with van der Waals surface area (Å²) >= 11 is 0. The van der Waals surface area contributed by atoms with Crippen LogP contribution >= 0.6 is 0 Å². The van der Waals surface area contributed by atoms with Crippen molar-refractivity contribution in [1.82, 2.24) is 9.88 Å². The first kappa shape index (κ1) is 7.83. The van der Waals surface area contributed by atoms with Gasteiger partial charge in [-0.15, -0.1) is 0 Å². The zero-order valence-electron chi connectivity index (χ0n) is 7.34. The molecule has 3 nitrogen and oxygen atoms in total. The molecule has 0 saturated carbocycles. The van der Waals surface area contributed by atoms with Crippen LogP contribution in [-0.4, -0.2) is 18.2 Å². The fourth-order valence-corrected chi connectivity index (χ4v) is 1.64. The lowest BCUT2D eigenvalue weighted by atomic mass is 10.3. The van der Waals surface area contributed by atoms with Crippen molar-refractivity contribution < 1.29 is 4.74 Å². The van der Waals surface area contributed by atoms with Gasteiger partial charge in [-0.1, -0.05) is 0 Å². The molecular weight excluding hydrogens is 152 g/mol. The van der Waals surface area contributed by atoms with Gasteiger partial charge in [0.1, 0.15) is 0 Å². The molecule has 0 saturated heterocycles. The molecule has 0 aliphatic carbocycles. The quantitative estimate of drug-likeness (QED) is 0.701. The summed E-state index contributed by atoms with van der Waals surface area (Å²) in [7, 11) is 1.73. The van der Waals surface area contributed by atoms with Gasteiger partial charge in [0.2, 0.25) is 0 Å². The van der Waals surface area contributed by atoms with Crippen LogP contribution in [0.2, 0.25) is 0 Å². The van der Waals surface area contributed by atoms with Gasteiger partial charge < -0.3 is 14.6 Å². The van der Waals surface area contributed by atoms with Crippen LogP contribution in [0.5, 0.6) is 0 Å². The Balaban J connectivity index is 2.20. The molecule has 2 heterocycles. The largest absolute Gasteiger partial charge is 0.380 e. The third-order valence-electron chi connectivity index (χ3n) is 2.19. The van der Waals surface area contributed by atoms with E-state index in [1.807, 2.05) is 0 Å². The van der Waals surface area contributed by atoms with Crippen molar-refractivity contribution in [2.24, 2.45) is 0 Å². The highest BCUT2D eigenvalue weighted by atomic mass is 16.5. The SMILES string of the molecule is COCc1cc2n(c1)CCNC2. The summed E-state index contributed by atoms with van der Waals surface area (Å²) in [6.07, 6.45) is 2.18. The highest BCUT2D eigenvalue weighted by Gasteiger charge is 2.08. The lowest BCUT2D eigenvalue weighted by Gasteiger charge is -2.15. The van der Waals surface area contributed by atoms with E-state index >= 15 is 0 Å². The van der Waals surface area contributed by atoms with Crippen LogP contribution in [0.25, 0.3) is 0 Å². The van der Waals surface area contributed by atoms with E-state index in [0.29, 0.717) is 0 Å². The summed E-state index contributed by atoms with van der Waals surface area (Å²) in [4.78, 5) is 0. The molecule has 0 bridgehead atoms. The summed E-state index contributed by atoms with van der Waals surface area (Å²) in [5.41, 5.74) is 2.64. The molecule has 66 valence electrons. The highest BCUT2D eigenvalue weighted by molar-refractivity contribution is 5.19. The topological polar surface area (TPSA) is 26.2 Å². The van der Waals surface area contributed by atoms with Gasteiger partial charge in [-0.2, -0.15) is 0 Å². The van der Waals surface area contributed by atoms with Gasteiger partial charge in [0.25, 0.3) is 0 Å². The molecule has 0 atom stereocenters. The van der Waals surface area contributed by atoms with Crippen LogP contribution in [0.4, 0.5) is 0 Å². The maximum absolute atomic E-state index is 5.07.